The van der Waals surface area contributed by atoms with E-state index in [-0.39, 0.29) is 52.5 Å². The number of sulfonamides is 1. The molecule has 0 saturated carbocycles. The quantitative estimate of drug-likeness (QED) is 0.152. The molecule has 1 aliphatic heterocycles. The average molecular weight is 762 g/mol. The maximum absolute atomic E-state index is 15.5. The molecular formula is C36H36ClF4N5O5S. The number of hydrogen-bond donors (Lipinski definition) is 3. The second kappa shape index (κ2) is 16.8. The summed E-state index contributed by atoms with van der Waals surface area (Å²) in [6, 6.07) is 11.3. The van der Waals surface area contributed by atoms with Gasteiger partial charge in [0, 0.05) is 42.7 Å². The molecule has 0 bridgehead atoms. The summed E-state index contributed by atoms with van der Waals surface area (Å²) in [6.45, 7) is 2.38. The van der Waals surface area contributed by atoms with Crippen LogP contribution in [0.4, 0.5) is 28.0 Å². The van der Waals surface area contributed by atoms with E-state index in [1.54, 1.807) is 19.1 Å². The van der Waals surface area contributed by atoms with Crippen LogP contribution in [0.2, 0.25) is 5.02 Å². The van der Waals surface area contributed by atoms with Gasteiger partial charge in [0.15, 0.2) is 0 Å². The molecule has 52 heavy (non-hydrogen) atoms. The van der Waals surface area contributed by atoms with E-state index in [4.69, 9.17) is 16.3 Å². The molecule has 4 aromatic rings. The number of hydrogen-bond acceptors (Lipinski definition) is 7. The zero-order valence-electron chi connectivity index (χ0n) is 28.1. The third kappa shape index (κ3) is 9.07. The van der Waals surface area contributed by atoms with Crippen LogP contribution in [0.3, 0.4) is 0 Å². The highest BCUT2D eigenvalue weighted by molar-refractivity contribution is 7.89. The van der Waals surface area contributed by atoms with Crippen LogP contribution in [0.25, 0.3) is 0 Å². The first-order chi connectivity index (χ1) is 24.8. The topological polar surface area (TPSA) is 130 Å². The Morgan fingerprint density at radius 3 is 2.37 bits per heavy atom. The predicted octanol–water partition coefficient (Wildman–Crippen LogP) is 5.96. The molecular weight excluding hydrogens is 726 g/mol. The fourth-order valence-corrected chi connectivity index (χ4v) is 8.77. The van der Waals surface area contributed by atoms with Gasteiger partial charge in [0.1, 0.15) is 34.2 Å². The largest absolute Gasteiger partial charge is 0.453 e. The van der Waals surface area contributed by atoms with Gasteiger partial charge in [-0.05, 0) is 73.7 Å². The van der Waals surface area contributed by atoms with Gasteiger partial charge in [-0.15, -0.1) is 0 Å². The van der Waals surface area contributed by atoms with Crippen LogP contribution in [0.1, 0.15) is 36.0 Å². The number of carbonyl (C=O) groups is 2. The van der Waals surface area contributed by atoms with E-state index < -0.39 is 69.3 Å². The van der Waals surface area contributed by atoms with Crippen LogP contribution in [0.5, 0.6) is 0 Å². The van der Waals surface area contributed by atoms with Gasteiger partial charge in [-0.1, -0.05) is 35.9 Å². The number of nitrogens with zero attached hydrogens (tertiary/aromatic N) is 2. The summed E-state index contributed by atoms with van der Waals surface area (Å²) in [6.07, 6.45) is 1.03. The zero-order valence-corrected chi connectivity index (χ0v) is 29.7. The highest BCUT2D eigenvalue weighted by Gasteiger charge is 2.39. The number of pyridine rings is 1. The number of ether oxygens (including phenoxy) is 1. The van der Waals surface area contributed by atoms with Crippen LogP contribution >= 0.6 is 11.6 Å². The number of alkyl carbamates (subject to hydrolysis) is 1. The van der Waals surface area contributed by atoms with Gasteiger partial charge in [0.25, 0.3) is 0 Å². The Labute approximate surface area is 303 Å². The van der Waals surface area contributed by atoms with E-state index in [2.05, 4.69) is 20.9 Å². The molecule has 1 fully saturated rings. The molecule has 276 valence electrons. The van der Waals surface area contributed by atoms with Crippen molar-refractivity contribution in [2.45, 2.75) is 55.1 Å². The molecule has 1 saturated heterocycles. The molecule has 16 heteroatoms. The Kier molecular flexibility index (Phi) is 12.5. The van der Waals surface area contributed by atoms with Gasteiger partial charge in [-0.3, -0.25) is 9.78 Å². The summed E-state index contributed by atoms with van der Waals surface area (Å²) in [4.78, 5) is 30.5. The number of halogens is 5. The van der Waals surface area contributed by atoms with Gasteiger partial charge in [0.2, 0.25) is 15.9 Å². The molecule has 3 N–H and O–H groups in total. The second-order valence-corrected chi connectivity index (χ2v) is 14.6. The smallest absolute Gasteiger partial charge is 0.407 e. The summed E-state index contributed by atoms with van der Waals surface area (Å²) < 4.78 is 91.6. The highest BCUT2D eigenvalue weighted by Crippen LogP contribution is 2.32. The van der Waals surface area contributed by atoms with Crippen molar-refractivity contribution in [3.05, 3.63) is 124 Å². The first kappa shape index (κ1) is 38.7. The van der Waals surface area contributed by atoms with Crippen molar-refractivity contribution in [1.82, 2.24) is 19.9 Å². The molecule has 2 heterocycles. The lowest BCUT2D eigenvalue weighted by atomic mass is 9.85. The highest BCUT2D eigenvalue weighted by atomic mass is 35.5. The Morgan fingerprint density at radius 2 is 1.69 bits per heavy atom. The summed E-state index contributed by atoms with van der Waals surface area (Å²) in [7, 11) is -2.99. The maximum Gasteiger partial charge on any atom is 0.407 e. The number of benzene rings is 3. The van der Waals surface area contributed by atoms with E-state index in [1.165, 1.54) is 34.8 Å². The SMILES string of the molecule is COC(=O)N[C@H](C(=O)Nc1cncc(F)c1CC[C@H]1CNC[C@H](C)N1S(=O)(=O)c1ccccc1Cl)C(Cc1cc(F)cc(F)c1)c1ccc(F)cc1. The Balaban J connectivity index is 1.45. The number of methoxy groups -OCH3 is 1. The maximum atomic E-state index is 15.5. The van der Waals surface area contributed by atoms with E-state index in [0.717, 1.165) is 37.6 Å². The summed E-state index contributed by atoms with van der Waals surface area (Å²) >= 11 is 6.28. The number of rotatable bonds is 12. The monoisotopic (exact) mass is 761 g/mol. The van der Waals surface area contributed by atoms with Crippen LogP contribution in [-0.2, 0) is 32.4 Å². The summed E-state index contributed by atoms with van der Waals surface area (Å²) in [5, 5.41) is 8.35. The van der Waals surface area contributed by atoms with Crippen LogP contribution in [-0.4, -0.2) is 68.0 Å². The molecule has 5 rings (SSSR count). The molecule has 1 unspecified atom stereocenters. The number of anilines is 1. The van der Waals surface area contributed by atoms with Crippen LogP contribution < -0.4 is 16.0 Å². The average Bonchev–Trinajstić information content (AvgIpc) is 3.09. The van der Waals surface area contributed by atoms with Crippen LogP contribution in [0.15, 0.2) is 84.0 Å². The lowest BCUT2D eigenvalue weighted by Crippen LogP contribution is -2.58. The molecule has 0 aliphatic carbocycles. The Morgan fingerprint density at radius 1 is 1.00 bits per heavy atom. The summed E-state index contributed by atoms with van der Waals surface area (Å²) in [5.74, 6) is -5.02. The van der Waals surface area contributed by atoms with Crippen molar-refractivity contribution in [2.75, 3.05) is 25.5 Å². The van der Waals surface area contributed by atoms with Crippen LogP contribution in [0, 0.1) is 23.3 Å². The molecule has 1 aromatic heterocycles. The molecule has 2 amide bonds. The molecule has 0 radical (unpaired) electrons. The predicted molar refractivity (Wildman–Crippen MR) is 186 cm³/mol. The molecule has 3 aromatic carbocycles. The fourth-order valence-electron chi connectivity index (χ4n) is 6.43. The molecule has 10 nitrogen and oxygen atoms in total. The first-order valence-electron chi connectivity index (χ1n) is 16.3. The van der Waals surface area contributed by atoms with Crippen molar-refractivity contribution < 1.29 is 40.3 Å². The van der Waals surface area contributed by atoms with E-state index in [1.807, 2.05) is 0 Å². The van der Waals surface area contributed by atoms with E-state index in [9.17, 15) is 31.2 Å². The minimum Gasteiger partial charge on any atom is -0.453 e. The molecule has 0 spiro atoms. The zero-order chi connectivity index (χ0) is 37.6. The van der Waals surface area contributed by atoms with Gasteiger partial charge in [0.05, 0.1) is 30.2 Å². The minimum atomic E-state index is -4.07. The fraction of sp³-hybridized carbons (Fsp3) is 0.306. The Bertz CT molecular complexity index is 2000. The molecule has 4 atom stereocenters. The minimum absolute atomic E-state index is 0.0130. The van der Waals surface area contributed by atoms with Gasteiger partial charge < -0.3 is 20.7 Å². The number of piperazine rings is 1. The van der Waals surface area contributed by atoms with Crippen molar-refractivity contribution in [3.8, 4) is 0 Å². The van der Waals surface area contributed by atoms with Gasteiger partial charge >= 0.3 is 6.09 Å². The van der Waals surface area contributed by atoms with Crippen molar-refractivity contribution in [1.29, 1.82) is 0 Å². The second-order valence-electron chi connectivity index (χ2n) is 12.4. The lowest BCUT2D eigenvalue weighted by Gasteiger charge is -2.40. The number of aromatic nitrogens is 1. The number of nitrogens with one attached hydrogen (secondary N) is 3. The third-order valence-corrected chi connectivity index (χ3v) is 11.4. The van der Waals surface area contributed by atoms with E-state index in [0.29, 0.717) is 18.2 Å². The van der Waals surface area contributed by atoms with E-state index >= 15 is 4.39 Å². The molecule has 1 aliphatic rings. The normalized spacial score (nSPS) is 17.6. The summed E-state index contributed by atoms with van der Waals surface area (Å²) in [5.41, 5.74) is 0.419. The van der Waals surface area contributed by atoms with Gasteiger partial charge in [-0.25, -0.2) is 30.8 Å². The van der Waals surface area contributed by atoms with Crippen molar-refractivity contribution >= 4 is 39.3 Å². The standard InChI is InChI=1S/C36H36ClF4N5O5S/c1-21-17-42-18-27(46(21)52(49,50)33-6-4-3-5-30(33)37)11-12-28-31(41)19-43-20-32(28)44-35(47)34(45-36(48)51-2)29(23-7-9-24(38)10-8-23)15-22-13-25(39)16-26(40)14-22/h3-10,13-14,16,19-21,27,29,34,42H,11-12,15,17-18H2,1-2H3,(H,44,47)(H,45,48)/t21-,27-,29?,34-/m0/s1. The van der Waals surface area contributed by atoms with Gasteiger partial charge in [-0.2, -0.15) is 4.31 Å². The lowest BCUT2D eigenvalue weighted by molar-refractivity contribution is -0.118. The number of amides is 2. The number of carbonyl (C=O) groups excluding carboxylic acids is 2. The first-order valence-corrected chi connectivity index (χ1v) is 18.1. The Hall–Kier alpha value is -4.57. The van der Waals surface area contributed by atoms with Crippen molar-refractivity contribution in [3.63, 3.8) is 0 Å². The third-order valence-electron chi connectivity index (χ3n) is 8.82. The van der Waals surface area contributed by atoms with Crippen molar-refractivity contribution in [2.24, 2.45) is 0 Å².